The number of nitrogens with one attached hydrogen (secondary N) is 1. The maximum atomic E-state index is 13.5. The minimum Gasteiger partial charge on any atom is -0.322 e. The highest BCUT2D eigenvalue weighted by Crippen LogP contribution is 2.19. The summed E-state index contributed by atoms with van der Waals surface area (Å²) in [5.74, 6) is -1.10. The maximum absolute atomic E-state index is 13.5. The number of rotatable bonds is 3. The molecule has 1 heterocycles. The van der Waals surface area contributed by atoms with Crippen molar-refractivity contribution in [3.8, 4) is 0 Å². The number of benzene rings is 1. The number of anilines is 1. The van der Waals surface area contributed by atoms with Crippen molar-refractivity contribution in [2.75, 3.05) is 18.4 Å². The van der Waals surface area contributed by atoms with Gasteiger partial charge in [0.1, 0.15) is 11.6 Å². The van der Waals surface area contributed by atoms with Gasteiger partial charge in [-0.15, -0.1) is 0 Å². The van der Waals surface area contributed by atoms with Gasteiger partial charge in [0, 0.05) is 12.6 Å². The number of carbonyl (C=O) groups is 1. The first-order valence-electron chi connectivity index (χ1n) is 6.97. The average Bonchev–Trinajstić information content (AvgIpc) is 2.41. The summed E-state index contributed by atoms with van der Waals surface area (Å²) in [6.07, 6.45) is 2.25. The molecule has 1 saturated heterocycles. The Morgan fingerprint density at radius 2 is 2.20 bits per heavy atom. The van der Waals surface area contributed by atoms with E-state index in [9.17, 15) is 13.6 Å². The van der Waals surface area contributed by atoms with E-state index in [1.54, 1.807) is 0 Å². The molecule has 3 nitrogen and oxygen atoms in total. The van der Waals surface area contributed by atoms with Crippen LogP contribution in [-0.4, -0.2) is 29.9 Å². The van der Waals surface area contributed by atoms with E-state index >= 15 is 0 Å². The molecule has 1 fully saturated rings. The highest BCUT2D eigenvalue weighted by Gasteiger charge is 2.26. The van der Waals surface area contributed by atoms with E-state index in [2.05, 4.69) is 17.1 Å². The predicted octanol–water partition coefficient (Wildman–Crippen LogP) is 3.02. The molecule has 0 aromatic heterocycles. The van der Waals surface area contributed by atoms with Gasteiger partial charge in [-0.1, -0.05) is 6.92 Å². The molecular weight excluding hydrogens is 262 g/mol. The molecule has 0 spiro atoms. The number of carbonyl (C=O) groups excluding carboxylic acids is 1. The molecule has 0 unspecified atom stereocenters. The molecule has 110 valence electrons. The largest absolute Gasteiger partial charge is 0.322 e. The Morgan fingerprint density at radius 1 is 1.45 bits per heavy atom. The van der Waals surface area contributed by atoms with Crippen molar-refractivity contribution in [3.63, 3.8) is 0 Å². The van der Waals surface area contributed by atoms with Crippen LogP contribution in [0.4, 0.5) is 14.5 Å². The Morgan fingerprint density at radius 3 is 2.85 bits per heavy atom. The van der Waals surface area contributed by atoms with Crippen molar-refractivity contribution in [2.24, 2.45) is 5.92 Å². The molecule has 20 heavy (non-hydrogen) atoms. The van der Waals surface area contributed by atoms with Crippen LogP contribution in [0.3, 0.4) is 0 Å². The molecule has 1 aliphatic heterocycles. The number of piperidine rings is 1. The van der Waals surface area contributed by atoms with Gasteiger partial charge in [0.15, 0.2) is 0 Å². The zero-order chi connectivity index (χ0) is 14.7. The monoisotopic (exact) mass is 282 g/mol. The third-order valence-electron chi connectivity index (χ3n) is 3.80. The summed E-state index contributed by atoms with van der Waals surface area (Å²) in [6, 6.07) is 2.83. The smallest absolute Gasteiger partial charge is 0.241 e. The van der Waals surface area contributed by atoms with Crippen molar-refractivity contribution in [1.82, 2.24) is 4.90 Å². The fourth-order valence-corrected chi connectivity index (χ4v) is 2.57. The summed E-state index contributed by atoms with van der Waals surface area (Å²) in [4.78, 5) is 14.2. The molecule has 1 N–H and O–H groups in total. The zero-order valence-corrected chi connectivity index (χ0v) is 11.8. The molecule has 2 atom stereocenters. The second kappa shape index (κ2) is 6.31. The van der Waals surface area contributed by atoms with Crippen LogP contribution in [0, 0.1) is 17.6 Å². The van der Waals surface area contributed by atoms with Gasteiger partial charge in [-0.05, 0) is 44.4 Å². The molecule has 0 saturated carbocycles. The second-order valence-electron chi connectivity index (χ2n) is 5.53. The molecule has 0 aliphatic carbocycles. The highest BCUT2D eigenvalue weighted by molar-refractivity contribution is 5.94. The first-order valence-corrected chi connectivity index (χ1v) is 6.97. The van der Waals surface area contributed by atoms with E-state index in [4.69, 9.17) is 0 Å². The lowest BCUT2D eigenvalue weighted by Crippen LogP contribution is -2.46. The van der Waals surface area contributed by atoms with Gasteiger partial charge in [-0.3, -0.25) is 9.69 Å². The highest BCUT2D eigenvalue weighted by atomic mass is 19.1. The summed E-state index contributed by atoms with van der Waals surface area (Å²) >= 11 is 0. The molecule has 1 aliphatic rings. The topological polar surface area (TPSA) is 32.3 Å². The van der Waals surface area contributed by atoms with Crippen molar-refractivity contribution in [3.05, 3.63) is 29.8 Å². The van der Waals surface area contributed by atoms with Gasteiger partial charge >= 0.3 is 0 Å². The standard InChI is InChI=1S/C15H20F2N2O/c1-10-4-3-7-19(9-10)11(2)15(20)18-14-6-5-12(16)8-13(14)17/h5-6,8,10-11H,3-4,7,9H2,1-2H3,(H,18,20)/t10-,11+/m1/s1. The Balaban J connectivity index is 2.00. The van der Waals surface area contributed by atoms with Crippen molar-refractivity contribution in [1.29, 1.82) is 0 Å². The quantitative estimate of drug-likeness (QED) is 0.924. The number of hydrogen-bond donors (Lipinski definition) is 1. The van der Waals surface area contributed by atoms with Crippen LogP contribution in [0.15, 0.2) is 18.2 Å². The lowest BCUT2D eigenvalue weighted by atomic mass is 9.99. The van der Waals surface area contributed by atoms with E-state index in [1.165, 1.54) is 12.5 Å². The van der Waals surface area contributed by atoms with E-state index in [0.717, 1.165) is 31.6 Å². The van der Waals surface area contributed by atoms with Crippen LogP contribution in [0.2, 0.25) is 0 Å². The zero-order valence-electron chi connectivity index (χ0n) is 11.8. The lowest BCUT2D eigenvalue weighted by molar-refractivity contribution is -0.121. The average molecular weight is 282 g/mol. The number of hydrogen-bond acceptors (Lipinski definition) is 2. The minimum atomic E-state index is -0.752. The number of amides is 1. The molecule has 2 rings (SSSR count). The van der Waals surface area contributed by atoms with E-state index in [1.807, 2.05) is 6.92 Å². The van der Waals surface area contributed by atoms with Crippen LogP contribution in [0.25, 0.3) is 0 Å². The fraction of sp³-hybridized carbons (Fsp3) is 0.533. The summed E-state index contributed by atoms with van der Waals surface area (Å²) in [5.41, 5.74) is 0.0216. The predicted molar refractivity (Wildman–Crippen MR) is 74.4 cm³/mol. The van der Waals surface area contributed by atoms with Gasteiger partial charge in [0.25, 0.3) is 0 Å². The Bertz CT molecular complexity index is 493. The van der Waals surface area contributed by atoms with Gasteiger partial charge in [0.2, 0.25) is 5.91 Å². The Labute approximate surface area is 118 Å². The Hall–Kier alpha value is -1.49. The van der Waals surface area contributed by atoms with Crippen LogP contribution >= 0.6 is 0 Å². The van der Waals surface area contributed by atoms with Crippen LogP contribution < -0.4 is 5.32 Å². The van der Waals surface area contributed by atoms with Gasteiger partial charge in [-0.2, -0.15) is 0 Å². The van der Waals surface area contributed by atoms with Crippen molar-refractivity contribution >= 4 is 11.6 Å². The van der Waals surface area contributed by atoms with Gasteiger partial charge < -0.3 is 5.32 Å². The normalized spacial score (nSPS) is 21.5. The fourth-order valence-electron chi connectivity index (χ4n) is 2.57. The first-order chi connectivity index (χ1) is 9.47. The molecular formula is C15H20F2N2O. The lowest BCUT2D eigenvalue weighted by Gasteiger charge is -2.34. The summed E-state index contributed by atoms with van der Waals surface area (Å²) < 4.78 is 26.3. The molecule has 1 aromatic rings. The van der Waals surface area contributed by atoms with E-state index in [0.29, 0.717) is 5.92 Å². The third-order valence-corrected chi connectivity index (χ3v) is 3.80. The SMILES string of the molecule is C[C@@H]1CCCN([C@@H](C)C(=O)Nc2ccc(F)cc2F)C1. The van der Waals surface area contributed by atoms with Crippen LogP contribution in [0.1, 0.15) is 26.7 Å². The maximum Gasteiger partial charge on any atom is 0.241 e. The van der Waals surface area contributed by atoms with Crippen LogP contribution in [-0.2, 0) is 4.79 Å². The summed E-state index contributed by atoms with van der Waals surface area (Å²) in [7, 11) is 0. The number of halogens is 2. The van der Waals surface area contributed by atoms with Crippen molar-refractivity contribution in [2.45, 2.75) is 32.7 Å². The molecule has 1 amide bonds. The summed E-state index contributed by atoms with van der Waals surface area (Å²) in [5, 5.41) is 2.53. The Kier molecular flexibility index (Phi) is 4.70. The van der Waals surface area contributed by atoms with E-state index in [-0.39, 0.29) is 17.6 Å². The molecule has 0 bridgehead atoms. The molecule has 0 radical (unpaired) electrons. The van der Waals surface area contributed by atoms with Crippen molar-refractivity contribution < 1.29 is 13.6 Å². The number of likely N-dealkylation sites (tertiary alicyclic amines) is 1. The summed E-state index contributed by atoms with van der Waals surface area (Å²) in [6.45, 7) is 5.73. The van der Waals surface area contributed by atoms with Gasteiger partial charge in [0.05, 0.1) is 11.7 Å². The second-order valence-corrected chi connectivity index (χ2v) is 5.53. The minimum absolute atomic E-state index is 0.0216. The third kappa shape index (κ3) is 3.54. The van der Waals surface area contributed by atoms with Gasteiger partial charge in [-0.25, -0.2) is 8.78 Å². The molecule has 5 heteroatoms. The van der Waals surface area contributed by atoms with Crippen LogP contribution in [0.5, 0.6) is 0 Å². The number of nitrogens with zero attached hydrogens (tertiary/aromatic N) is 1. The van der Waals surface area contributed by atoms with E-state index < -0.39 is 11.6 Å². The first kappa shape index (κ1) is 14.9. The molecule has 1 aromatic carbocycles.